The Morgan fingerprint density at radius 1 is 1.12 bits per heavy atom. The van der Waals surface area contributed by atoms with E-state index < -0.39 is 12.5 Å². The van der Waals surface area contributed by atoms with Gasteiger partial charge in [0.15, 0.2) is 0 Å². The largest absolute Gasteiger partial charge is 0.384 e. The maximum absolute atomic E-state index is 12.6. The Morgan fingerprint density at radius 2 is 1.88 bits per heavy atom. The highest BCUT2D eigenvalue weighted by Gasteiger charge is 2.17. The first-order chi connectivity index (χ1) is 8.18. The first kappa shape index (κ1) is 12.2. The molecule has 0 aliphatic heterocycles. The third kappa shape index (κ3) is 2.91. The Morgan fingerprint density at radius 3 is 2.53 bits per heavy atom. The van der Waals surface area contributed by atoms with Gasteiger partial charge in [0.1, 0.15) is 6.10 Å². The van der Waals surface area contributed by atoms with E-state index in [1.54, 1.807) is 12.1 Å². The standard InChI is InChI=1S/C14H16F2O/c15-14(16)12-8-4-7-11(9-12)13(17)10-5-2-1-3-6-10/h4-5,7-9,13-14,17H,1-3,6H2. The molecule has 3 heteroatoms. The molecule has 1 unspecified atom stereocenters. The highest BCUT2D eigenvalue weighted by Crippen LogP contribution is 2.31. The number of rotatable bonds is 3. The van der Waals surface area contributed by atoms with Crippen molar-refractivity contribution >= 4 is 0 Å². The molecule has 1 aliphatic carbocycles. The summed E-state index contributed by atoms with van der Waals surface area (Å²) in [7, 11) is 0. The first-order valence-electron chi connectivity index (χ1n) is 5.93. The molecule has 92 valence electrons. The number of aliphatic hydroxyl groups is 1. The van der Waals surface area contributed by atoms with Crippen LogP contribution in [0.3, 0.4) is 0 Å². The fraction of sp³-hybridized carbons (Fsp3) is 0.429. The smallest absolute Gasteiger partial charge is 0.263 e. The maximum Gasteiger partial charge on any atom is 0.263 e. The van der Waals surface area contributed by atoms with E-state index in [0.29, 0.717) is 5.56 Å². The van der Waals surface area contributed by atoms with Crippen molar-refractivity contribution in [3.05, 3.63) is 47.0 Å². The van der Waals surface area contributed by atoms with Crippen molar-refractivity contribution in [1.82, 2.24) is 0 Å². The van der Waals surface area contributed by atoms with Gasteiger partial charge in [-0.1, -0.05) is 24.3 Å². The molecule has 2 rings (SSSR count). The monoisotopic (exact) mass is 238 g/mol. The summed E-state index contributed by atoms with van der Waals surface area (Å²) in [4.78, 5) is 0. The number of aliphatic hydroxyl groups excluding tert-OH is 1. The Balaban J connectivity index is 2.21. The molecule has 1 aromatic carbocycles. The lowest BCUT2D eigenvalue weighted by Crippen LogP contribution is -2.05. The number of halogens is 2. The zero-order chi connectivity index (χ0) is 12.3. The van der Waals surface area contributed by atoms with Crippen molar-refractivity contribution in [2.24, 2.45) is 0 Å². The van der Waals surface area contributed by atoms with Crippen molar-refractivity contribution in [1.29, 1.82) is 0 Å². The topological polar surface area (TPSA) is 20.2 Å². The molecule has 1 aliphatic rings. The lowest BCUT2D eigenvalue weighted by Gasteiger charge is -2.19. The minimum atomic E-state index is -2.48. The van der Waals surface area contributed by atoms with Crippen LogP contribution in [0.2, 0.25) is 0 Å². The van der Waals surface area contributed by atoms with Crippen molar-refractivity contribution in [2.75, 3.05) is 0 Å². The highest BCUT2D eigenvalue weighted by atomic mass is 19.3. The number of alkyl halides is 2. The molecule has 17 heavy (non-hydrogen) atoms. The Hall–Kier alpha value is -1.22. The van der Waals surface area contributed by atoms with Crippen LogP contribution < -0.4 is 0 Å². The van der Waals surface area contributed by atoms with Crippen molar-refractivity contribution in [3.63, 3.8) is 0 Å². The predicted molar refractivity (Wildman–Crippen MR) is 62.9 cm³/mol. The molecule has 0 heterocycles. The number of allylic oxidation sites excluding steroid dienone is 1. The van der Waals surface area contributed by atoms with Gasteiger partial charge >= 0.3 is 0 Å². The van der Waals surface area contributed by atoms with Crippen LogP contribution in [0, 0.1) is 0 Å². The molecule has 0 aromatic heterocycles. The average Bonchev–Trinajstić information content (AvgIpc) is 2.39. The summed E-state index contributed by atoms with van der Waals surface area (Å²) in [5.41, 5.74) is 1.50. The highest BCUT2D eigenvalue weighted by molar-refractivity contribution is 5.31. The summed E-state index contributed by atoms with van der Waals surface area (Å²) < 4.78 is 25.1. The predicted octanol–water partition coefficient (Wildman–Crippen LogP) is 4.16. The van der Waals surface area contributed by atoms with Gasteiger partial charge in [0.05, 0.1) is 0 Å². The van der Waals surface area contributed by atoms with E-state index in [-0.39, 0.29) is 5.56 Å². The van der Waals surface area contributed by atoms with Crippen LogP contribution in [-0.4, -0.2) is 5.11 Å². The van der Waals surface area contributed by atoms with Crippen molar-refractivity contribution < 1.29 is 13.9 Å². The van der Waals surface area contributed by atoms with Gasteiger partial charge in [-0.05, 0) is 42.9 Å². The van der Waals surface area contributed by atoms with Gasteiger partial charge in [0.2, 0.25) is 0 Å². The van der Waals surface area contributed by atoms with E-state index in [9.17, 15) is 13.9 Å². The number of benzene rings is 1. The summed E-state index contributed by atoms with van der Waals surface area (Å²) >= 11 is 0. The summed E-state index contributed by atoms with van der Waals surface area (Å²) in [6.45, 7) is 0. The van der Waals surface area contributed by atoms with Crippen LogP contribution in [0.4, 0.5) is 8.78 Å². The summed E-state index contributed by atoms with van der Waals surface area (Å²) in [5.74, 6) is 0. The van der Waals surface area contributed by atoms with Crippen molar-refractivity contribution in [2.45, 2.75) is 38.2 Å². The molecule has 0 radical (unpaired) electrons. The molecule has 1 nitrogen and oxygen atoms in total. The van der Waals surface area contributed by atoms with Crippen LogP contribution in [0.15, 0.2) is 35.9 Å². The quantitative estimate of drug-likeness (QED) is 0.784. The van der Waals surface area contributed by atoms with E-state index >= 15 is 0 Å². The molecule has 0 bridgehead atoms. The van der Waals surface area contributed by atoms with E-state index in [4.69, 9.17) is 0 Å². The van der Waals surface area contributed by atoms with Crippen LogP contribution in [0.1, 0.15) is 49.3 Å². The minimum Gasteiger partial charge on any atom is -0.384 e. The molecule has 0 saturated carbocycles. The summed E-state index contributed by atoms with van der Waals surface area (Å²) in [6, 6.07) is 6.05. The van der Waals surface area contributed by atoms with Crippen LogP contribution in [0.25, 0.3) is 0 Å². The molecule has 0 amide bonds. The third-order valence-electron chi connectivity index (χ3n) is 3.16. The fourth-order valence-electron chi connectivity index (χ4n) is 2.19. The molecular weight excluding hydrogens is 222 g/mol. The summed E-state index contributed by atoms with van der Waals surface area (Å²) in [5, 5.41) is 10.1. The molecule has 1 N–H and O–H groups in total. The minimum absolute atomic E-state index is 0.0297. The third-order valence-corrected chi connectivity index (χ3v) is 3.16. The average molecular weight is 238 g/mol. The molecular formula is C14H16F2O. The Labute approximate surface area is 99.8 Å². The number of hydrogen-bond donors (Lipinski definition) is 1. The van der Waals surface area contributed by atoms with Gasteiger partial charge in [-0.15, -0.1) is 0 Å². The van der Waals surface area contributed by atoms with E-state index in [2.05, 4.69) is 0 Å². The molecule has 1 aromatic rings. The van der Waals surface area contributed by atoms with Gasteiger partial charge in [0.25, 0.3) is 6.43 Å². The molecule has 0 fully saturated rings. The van der Waals surface area contributed by atoms with Gasteiger partial charge in [-0.3, -0.25) is 0 Å². The lowest BCUT2D eigenvalue weighted by molar-refractivity contribution is 0.150. The zero-order valence-corrected chi connectivity index (χ0v) is 9.57. The van der Waals surface area contributed by atoms with Crippen LogP contribution in [0.5, 0.6) is 0 Å². The lowest BCUT2D eigenvalue weighted by atomic mass is 9.91. The second-order valence-electron chi connectivity index (χ2n) is 4.40. The van der Waals surface area contributed by atoms with E-state index in [0.717, 1.165) is 31.3 Å². The van der Waals surface area contributed by atoms with Gasteiger partial charge in [0, 0.05) is 5.56 Å². The maximum atomic E-state index is 12.6. The second-order valence-corrected chi connectivity index (χ2v) is 4.40. The van der Waals surface area contributed by atoms with E-state index in [1.165, 1.54) is 12.1 Å². The SMILES string of the molecule is OC(C1=CCCCC1)c1cccc(C(F)F)c1. The van der Waals surface area contributed by atoms with Gasteiger partial charge in [-0.2, -0.15) is 0 Å². The van der Waals surface area contributed by atoms with Gasteiger partial charge < -0.3 is 5.11 Å². The molecule has 0 spiro atoms. The van der Waals surface area contributed by atoms with Crippen LogP contribution in [-0.2, 0) is 0 Å². The van der Waals surface area contributed by atoms with Gasteiger partial charge in [-0.25, -0.2) is 8.78 Å². The second kappa shape index (κ2) is 5.41. The number of hydrogen-bond acceptors (Lipinski definition) is 1. The first-order valence-corrected chi connectivity index (χ1v) is 5.93. The molecule has 0 saturated heterocycles. The normalized spacial score (nSPS) is 18.0. The zero-order valence-electron chi connectivity index (χ0n) is 9.57. The summed E-state index contributed by atoms with van der Waals surface area (Å²) in [6.07, 6.45) is 2.87. The fourth-order valence-corrected chi connectivity index (χ4v) is 2.19. The molecule has 1 atom stereocenters. The van der Waals surface area contributed by atoms with E-state index in [1.807, 2.05) is 6.08 Å². The Kier molecular flexibility index (Phi) is 3.89. The van der Waals surface area contributed by atoms with Crippen LogP contribution >= 0.6 is 0 Å². The van der Waals surface area contributed by atoms with Crippen molar-refractivity contribution in [3.8, 4) is 0 Å². The Bertz CT molecular complexity index is 412.